The molecule has 0 aromatic carbocycles. The summed E-state index contributed by atoms with van der Waals surface area (Å²) in [6.45, 7) is 1.10. The van der Waals surface area contributed by atoms with Gasteiger partial charge in [0, 0.05) is 5.38 Å². The average Bonchev–Trinajstić information content (AvgIpc) is 3.02. The van der Waals surface area contributed by atoms with Crippen molar-refractivity contribution in [1.29, 1.82) is 0 Å². The van der Waals surface area contributed by atoms with Crippen LogP contribution in [0, 0.1) is 0 Å². The monoisotopic (exact) mass is 221 g/mol. The highest BCUT2D eigenvalue weighted by Crippen LogP contribution is 2.27. The van der Waals surface area contributed by atoms with Crippen LogP contribution in [0.25, 0.3) is 10.8 Å². The molecular formula is C9H11N5S. The Morgan fingerprint density at radius 3 is 3.20 bits per heavy atom. The van der Waals surface area contributed by atoms with Crippen molar-refractivity contribution in [1.82, 2.24) is 25.5 Å². The van der Waals surface area contributed by atoms with Gasteiger partial charge in [0.25, 0.3) is 0 Å². The lowest BCUT2D eigenvalue weighted by Crippen LogP contribution is -2.12. The molecule has 0 aliphatic carbocycles. The van der Waals surface area contributed by atoms with Crippen LogP contribution < -0.4 is 5.32 Å². The molecule has 1 saturated heterocycles. The van der Waals surface area contributed by atoms with E-state index >= 15 is 0 Å². The summed E-state index contributed by atoms with van der Waals surface area (Å²) in [5.74, 6) is 0.754. The molecule has 5 nitrogen and oxygen atoms in total. The third-order valence-corrected chi connectivity index (χ3v) is 3.42. The highest BCUT2D eigenvalue weighted by Gasteiger charge is 2.19. The van der Waals surface area contributed by atoms with Crippen LogP contribution in [0.2, 0.25) is 0 Å². The summed E-state index contributed by atoms with van der Waals surface area (Å²) in [6, 6.07) is 0.429. The zero-order valence-corrected chi connectivity index (χ0v) is 8.92. The Hall–Kier alpha value is -1.27. The molecule has 2 aromatic heterocycles. The van der Waals surface area contributed by atoms with Crippen molar-refractivity contribution in [2.45, 2.75) is 18.9 Å². The fourth-order valence-electron chi connectivity index (χ4n) is 1.80. The Morgan fingerprint density at radius 2 is 2.47 bits per heavy atom. The second kappa shape index (κ2) is 3.71. The van der Waals surface area contributed by atoms with E-state index in [2.05, 4.69) is 30.9 Å². The SMILES string of the molecule is c1n[nH]c(-c2nc(C3CCCN3)cs2)n1. The molecule has 0 saturated carbocycles. The molecular weight excluding hydrogens is 210 g/mol. The normalized spacial score (nSPS) is 20.9. The molecule has 15 heavy (non-hydrogen) atoms. The third-order valence-electron chi connectivity index (χ3n) is 2.56. The second-order valence-corrected chi connectivity index (χ2v) is 4.42. The van der Waals surface area contributed by atoms with Gasteiger partial charge >= 0.3 is 0 Å². The van der Waals surface area contributed by atoms with E-state index < -0.39 is 0 Å². The van der Waals surface area contributed by atoms with Gasteiger partial charge in [0.1, 0.15) is 6.33 Å². The van der Waals surface area contributed by atoms with Crippen LogP contribution in [0.3, 0.4) is 0 Å². The van der Waals surface area contributed by atoms with Crippen molar-refractivity contribution in [3.63, 3.8) is 0 Å². The molecule has 1 fully saturated rings. The Kier molecular flexibility index (Phi) is 2.22. The van der Waals surface area contributed by atoms with Crippen LogP contribution in [0.4, 0.5) is 0 Å². The highest BCUT2D eigenvalue weighted by atomic mass is 32.1. The average molecular weight is 221 g/mol. The number of H-pyrrole nitrogens is 1. The molecule has 1 unspecified atom stereocenters. The van der Waals surface area contributed by atoms with Crippen molar-refractivity contribution in [3.05, 3.63) is 17.4 Å². The molecule has 3 rings (SSSR count). The Morgan fingerprint density at radius 1 is 1.47 bits per heavy atom. The zero-order chi connectivity index (χ0) is 10.1. The van der Waals surface area contributed by atoms with Crippen LogP contribution in [0.15, 0.2) is 11.7 Å². The maximum Gasteiger partial charge on any atom is 0.184 e. The van der Waals surface area contributed by atoms with E-state index in [9.17, 15) is 0 Å². The van der Waals surface area contributed by atoms with E-state index in [1.54, 1.807) is 11.3 Å². The number of hydrogen-bond donors (Lipinski definition) is 2. The van der Waals surface area contributed by atoms with Crippen molar-refractivity contribution < 1.29 is 0 Å². The number of hydrogen-bond acceptors (Lipinski definition) is 5. The summed E-state index contributed by atoms with van der Waals surface area (Å²) < 4.78 is 0. The molecule has 1 aliphatic rings. The Balaban J connectivity index is 1.87. The lowest BCUT2D eigenvalue weighted by molar-refractivity contribution is 0.632. The second-order valence-electron chi connectivity index (χ2n) is 3.56. The molecule has 2 aromatic rings. The summed E-state index contributed by atoms with van der Waals surface area (Å²) in [7, 11) is 0. The first-order valence-corrected chi connectivity index (χ1v) is 5.86. The van der Waals surface area contributed by atoms with E-state index in [1.807, 2.05) is 0 Å². The van der Waals surface area contributed by atoms with Crippen molar-refractivity contribution in [2.24, 2.45) is 0 Å². The molecule has 78 valence electrons. The smallest absolute Gasteiger partial charge is 0.184 e. The van der Waals surface area contributed by atoms with E-state index in [4.69, 9.17) is 0 Å². The van der Waals surface area contributed by atoms with E-state index in [-0.39, 0.29) is 0 Å². The van der Waals surface area contributed by atoms with Gasteiger partial charge in [0.15, 0.2) is 10.8 Å². The minimum Gasteiger partial charge on any atom is -0.309 e. The van der Waals surface area contributed by atoms with Crippen LogP contribution in [0.1, 0.15) is 24.6 Å². The fraction of sp³-hybridized carbons (Fsp3) is 0.444. The first-order valence-electron chi connectivity index (χ1n) is 4.98. The first kappa shape index (κ1) is 8.99. The van der Waals surface area contributed by atoms with Crippen LogP contribution >= 0.6 is 11.3 Å². The number of thiazole rings is 1. The zero-order valence-electron chi connectivity index (χ0n) is 8.10. The number of nitrogens with one attached hydrogen (secondary N) is 2. The van der Waals surface area contributed by atoms with Crippen molar-refractivity contribution >= 4 is 11.3 Å². The molecule has 0 spiro atoms. The van der Waals surface area contributed by atoms with Gasteiger partial charge in [-0.3, -0.25) is 5.10 Å². The van der Waals surface area contributed by atoms with Crippen molar-refractivity contribution in [3.8, 4) is 10.8 Å². The molecule has 1 aliphatic heterocycles. The number of aromatic nitrogens is 4. The minimum absolute atomic E-state index is 0.429. The quantitative estimate of drug-likeness (QED) is 0.803. The summed E-state index contributed by atoms with van der Waals surface area (Å²) in [4.78, 5) is 8.64. The van der Waals surface area contributed by atoms with Crippen LogP contribution in [0.5, 0.6) is 0 Å². The van der Waals surface area contributed by atoms with Gasteiger partial charge in [-0.25, -0.2) is 9.97 Å². The summed E-state index contributed by atoms with van der Waals surface area (Å²) in [6.07, 6.45) is 3.92. The van der Waals surface area contributed by atoms with Crippen LogP contribution in [-0.2, 0) is 0 Å². The molecule has 6 heteroatoms. The first-order chi connectivity index (χ1) is 7.43. The number of nitrogens with zero attached hydrogens (tertiary/aromatic N) is 3. The van der Waals surface area contributed by atoms with E-state index in [1.165, 1.54) is 19.2 Å². The maximum absolute atomic E-state index is 4.56. The largest absolute Gasteiger partial charge is 0.309 e. The number of aromatic amines is 1. The van der Waals surface area contributed by atoms with Crippen LogP contribution in [-0.4, -0.2) is 26.7 Å². The Labute approximate surface area is 91.0 Å². The lowest BCUT2D eigenvalue weighted by Gasteiger charge is -2.04. The van der Waals surface area contributed by atoms with Gasteiger partial charge in [-0.15, -0.1) is 11.3 Å². The van der Waals surface area contributed by atoms with Gasteiger partial charge in [-0.1, -0.05) is 0 Å². The summed E-state index contributed by atoms with van der Waals surface area (Å²) in [5, 5.41) is 13.1. The van der Waals surface area contributed by atoms with E-state index in [0.29, 0.717) is 6.04 Å². The molecule has 0 radical (unpaired) electrons. The van der Waals surface area contributed by atoms with Gasteiger partial charge < -0.3 is 5.32 Å². The van der Waals surface area contributed by atoms with E-state index in [0.717, 1.165) is 23.1 Å². The lowest BCUT2D eigenvalue weighted by atomic mass is 10.2. The fourth-order valence-corrected chi connectivity index (χ4v) is 2.62. The summed E-state index contributed by atoms with van der Waals surface area (Å²) >= 11 is 1.61. The van der Waals surface area contributed by atoms with Gasteiger partial charge in [-0.05, 0) is 19.4 Å². The number of rotatable bonds is 2. The van der Waals surface area contributed by atoms with Gasteiger partial charge in [0.05, 0.1) is 11.7 Å². The molecule has 1 atom stereocenters. The predicted octanol–water partition coefficient (Wildman–Crippen LogP) is 1.35. The predicted molar refractivity (Wildman–Crippen MR) is 57.5 cm³/mol. The Bertz CT molecular complexity index is 429. The summed E-state index contributed by atoms with van der Waals surface area (Å²) in [5.41, 5.74) is 1.13. The maximum atomic E-state index is 4.56. The minimum atomic E-state index is 0.429. The third kappa shape index (κ3) is 1.66. The van der Waals surface area contributed by atoms with Crippen molar-refractivity contribution in [2.75, 3.05) is 6.54 Å². The topological polar surface area (TPSA) is 66.5 Å². The molecule has 0 bridgehead atoms. The highest BCUT2D eigenvalue weighted by molar-refractivity contribution is 7.13. The molecule has 2 N–H and O–H groups in total. The van der Waals surface area contributed by atoms with Gasteiger partial charge in [-0.2, -0.15) is 5.10 Å². The molecule has 3 heterocycles. The van der Waals surface area contributed by atoms with Gasteiger partial charge in [0.2, 0.25) is 0 Å². The standard InChI is InChI=1S/C9H11N5S/c1-2-6(10-3-1)7-4-15-9(13-7)8-11-5-12-14-8/h4-6,10H,1-3H2,(H,11,12,14). The molecule has 0 amide bonds.